The van der Waals surface area contributed by atoms with Crippen LogP contribution in [-0.4, -0.2) is 41.3 Å². The fourth-order valence-corrected chi connectivity index (χ4v) is 6.71. The molecule has 2 rings (SSSR count). The molecule has 0 saturated heterocycles. The molecule has 1 aromatic rings. The van der Waals surface area contributed by atoms with E-state index >= 15 is 0 Å². The predicted octanol–water partition coefficient (Wildman–Crippen LogP) is 5.73. The van der Waals surface area contributed by atoms with Crippen molar-refractivity contribution < 1.29 is 18.0 Å². The van der Waals surface area contributed by atoms with E-state index in [4.69, 9.17) is 18.0 Å². The fraction of sp³-hybridized carbons (Fsp3) is 0.739. The highest BCUT2D eigenvalue weighted by molar-refractivity contribution is 6.60. The molecule has 1 aromatic carbocycles. The monoisotopic (exact) mass is 408 g/mol. The van der Waals surface area contributed by atoms with Gasteiger partial charge < -0.3 is 18.0 Å². The average molecular weight is 409 g/mol. The van der Waals surface area contributed by atoms with E-state index in [0.717, 1.165) is 38.3 Å². The van der Waals surface area contributed by atoms with Crippen molar-refractivity contribution >= 4 is 8.80 Å². The number of ether oxygens (including phenoxy) is 1. The SMILES string of the molecule is CCO[Si](CCCO[C@H]1CC[C@H](c2ccc(CC)cc2)CC1)(OCC)OCC. The summed E-state index contributed by atoms with van der Waals surface area (Å²) in [6.45, 7) is 10.9. The summed E-state index contributed by atoms with van der Waals surface area (Å²) in [7, 11) is -2.53. The molecule has 0 aromatic heterocycles. The van der Waals surface area contributed by atoms with Crippen LogP contribution in [0.3, 0.4) is 0 Å². The van der Waals surface area contributed by atoms with Crippen molar-refractivity contribution in [2.75, 3.05) is 26.4 Å². The highest BCUT2D eigenvalue weighted by Crippen LogP contribution is 2.34. The molecule has 1 aliphatic rings. The molecule has 1 aliphatic carbocycles. The van der Waals surface area contributed by atoms with Gasteiger partial charge in [0.25, 0.3) is 0 Å². The molecule has 28 heavy (non-hydrogen) atoms. The van der Waals surface area contributed by atoms with Gasteiger partial charge in [-0.2, -0.15) is 0 Å². The molecule has 0 radical (unpaired) electrons. The van der Waals surface area contributed by atoms with E-state index in [1.807, 2.05) is 20.8 Å². The van der Waals surface area contributed by atoms with E-state index in [0.29, 0.717) is 31.8 Å². The fourth-order valence-electron chi connectivity index (χ4n) is 4.13. The summed E-state index contributed by atoms with van der Waals surface area (Å²) in [6.07, 6.45) is 7.22. The van der Waals surface area contributed by atoms with Crippen molar-refractivity contribution in [2.24, 2.45) is 0 Å². The Morgan fingerprint density at radius 2 is 1.39 bits per heavy atom. The van der Waals surface area contributed by atoms with Crippen LogP contribution in [0, 0.1) is 0 Å². The first kappa shape index (κ1) is 23.6. The Morgan fingerprint density at radius 3 is 1.89 bits per heavy atom. The maximum Gasteiger partial charge on any atom is 0.501 e. The van der Waals surface area contributed by atoms with E-state index in [2.05, 4.69) is 31.2 Å². The van der Waals surface area contributed by atoms with Crippen LogP contribution < -0.4 is 0 Å². The van der Waals surface area contributed by atoms with Crippen LogP contribution in [0.15, 0.2) is 24.3 Å². The Morgan fingerprint density at radius 1 is 0.821 bits per heavy atom. The zero-order chi connectivity index (χ0) is 20.2. The molecular weight excluding hydrogens is 368 g/mol. The van der Waals surface area contributed by atoms with E-state index in [-0.39, 0.29) is 0 Å². The largest absolute Gasteiger partial charge is 0.501 e. The highest BCUT2D eigenvalue weighted by atomic mass is 28.4. The second-order valence-electron chi connectivity index (χ2n) is 7.53. The lowest BCUT2D eigenvalue weighted by atomic mass is 9.82. The van der Waals surface area contributed by atoms with Crippen LogP contribution in [0.4, 0.5) is 0 Å². The van der Waals surface area contributed by atoms with Gasteiger partial charge in [-0.25, -0.2) is 0 Å². The molecule has 5 heteroatoms. The van der Waals surface area contributed by atoms with Crippen LogP contribution in [0.25, 0.3) is 0 Å². The summed E-state index contributed by atoms with van der Waals surface area (Å²) in [6, 6.07) is 10.0. The minimum absolute atomic E-state index is 0.397. The lowest BCUT2D eigenvalue weighted by Gasteiger charge is -2.30. The number of benzene rings is 1. The van der Waals surface area contributed by atoms with Gasteiger partial charge in [0.1, 0.15) is 0 Å². The first-order valence-electron chi connectivity index (χ1n) is 11.3. The summed E-state index contributed by atoms with van der Waals surface area (Å²) in [5.74, 6) is 0.694. The third kappa shape index (κ3) is 7.27. The van der Waals surface area contributed by atoms with Gasteiger partial charge >= 0.3 is 8.80 Å². The molecule has 0 amide bonds. The summed E-state index contributed by atoms with van der Waals surface area (Å²) in [5.41, 5.74) is 2.92. The minimum Gasteiger partial charge on any atom is -0.378 e. The molecule has 1 saturated carbocycles. The normalized spacial score (nSPS) is 20.4. The van der Waals surface area contributed by atoms with Crippen LogP contribution >= 0.6 is 0 Å². The van der Waals surface area contributed by atoms with Crippen LogP contribution in [0.5, 0.6) is 0 Å². The van der Waals surface area contributed by atoms with Crippen molar-refractivity contribution in [3.05, 3.63) is 35.4 Å². The van der Waals surface area contributed by atoms with E-state index in [9.17, 15) is 0 Å². The molecule has 0 atom stereocenters. The quantitative estimate of drug-likeness (QED) is 0.308. The van der Waals surface area contributed by atoms with E-state index in [1.165, 1.54) is 24.0 Å². The Kier molecular flexibility index (Phi) is 10.7. The standard InChI is InChI=1S/C23H40O4Si/c1-5-20-10-12-21(13-11-20)22-14-16-23(17-15-22)24-18-9-19-28(25-6-2,26-7-3)27-8-4/h10-13,22-23H,5-9,14-19H2,1-4H3/t22-,23-. The smallest absolute Gasteiger partial charge is 0.378 e. The van der Waals surface area contributed by atoms with Gasteiger partial charge in [-0.15, -0.1) is 0 Å². The molecule has 0 heterocycles. The van der Waals surface area contributed by atoms with Gasteiger partial charge in [0.2, 0.25) is 0 Å². The maximum absolute atomic E-state index is 6.19. The van der Waals surface area contributed by atoms with Crippen molar-refractivity contribution in [3.8, 4) is 0 Å². The minimum atomic E-state index is -2.53. The van der Waals surface area contributed by atoms with E-state index in [1.54, 1.807) is 0 Å². The van der Waals surface area contributed by atoms with Crippen molar-refractivity contribution in [2.45, 2.75) is 84.3 Å². The van der Waals surface area contributed by atoms with Gasteiger partial charge in [0.15, 0.2) is 0 Å². The highest BCUT2D eigenvalue weighted by Gasteiger charge is 2.39. The maximum atomic E-state index is 6.19. The molecule has 0 aliphatic heterocycles. The van der Waals surface area contributed by atoms with Gasteiger partial charge in [0, 0.05) is 32.5 Å². The number of hydrogen-bond donors (Lipinski definition) is 0. The predicted molar refractivity (Wildman–Crippen MR) is 117 cm³/mol. The molecule has 0 unspecified atom stereocenters. The molecule has 4 nitrogen and oxygen atoms in total. The third-order valence-electron chi connectivity index (χ3n) is 5.61. The van der Waals surface area contributed by atoms with Gasteiger partial charge in [-0.1, -0.05) is 31.2 Å². The first-order chi connectivity index (χ1) is 13.7. The molecule has 1 fully saturated rings. The topological polar surface area (TPSA) is 36.9 Å². The summed E-state index contributed by atoms with van der Waals surface area (Å²) in [5, 5.41) is 0. The average Bonchev–Trinajstić information content (AvgIpc) is 2.72. The summed E-state index contributed by atoms with van der Waals surface area (Å²) >= 11 is 0. The summed E-state index contributed by atoms with van der Waals surface area (Å²) < 4.78 is 24.0. The Balaban J connectivity index is 1.71. The second-order valence-corrected chi connectivity index (χ2v) is 10.3. The Bertz CT molecular complexity index is 509. The van der Waals surface area contributed by atoms with Crippen LogP contribution in [0.1, 0.15) is 76.8 Å². The molecular formula is C23H40O4Si. The zero-order valence-electron chi connectivity index (χ0n) is 18.4. The second kappa shape index (κ2) is 12.8. The van der Waals surface area contributed by atoms with Gasteiger partial charge in [0.05, 0.1) is 6.10 Å². The van der Waals surface area contributed by atoms with Crippen molar-refractivity contribution in [3.63, 3.8) is 0 Å². The molecule has 0 spiro atoms. The number of hydrogen-bond acceptors (Lipinski definition) is 4. The van der Waals surface area contributed by atoms with Crippen molar-refractivity contribution in [1.82, 2.24) is 0 Å². The van der Waals surface area contributed by atoms with Crippen LogP contribution in [0.2, 0.25) is 6.04 Å². The zero-order valence-corrected chi connectivity index (χ0v) is 19.4. The number of rotatable bonds is 13. The van der Waals surface area contributed by atoms with Gasteiger partial charge in [-0.3, -0.25) is 0 Å². The first-order valence-corrected chi connectivity index (χ1v) is 13.2. The number of aryl methyl sites for hydroxylation is 1. The molecule has 160 valence electrons. The summed E-state index contributed by atoms with van der Waals surface area (Å²) in [4.78, 5) is 0. The molecule has 0 N–H and O–H groups in total. The lowest BCUT2D eigenvalue weighted by molar-refractivity contribution is 0.0202. The molecule has 0 bridgehead atoms. The Hall–Kier alpha value is -0.723. The van der Waals surface area contributed by atoms with Crippen molar-refractivity contribution in [1.29, 1.82) is 0 Å². The lowest BCUT2D eigenvalue weighted by Crippen LogP contribution is -2.46. The van der Waals surface area contributed by atoms with Crippen LogP contribution in [-0.2, 0) is 24.4 Å². The Labute approximate surface area is 173 Å². The third-order valence-corrected chi connectivity index (χ3v) is 8.76. The van der Waals surface area contributed by atoms with Gasteiger partial charge in [-0.05, 0) is 76.3 Å². The van der Waals surface area contributed by atoms with E-state index < -0.39 is 8.80 Å².